The molecular weight excluding hydrogens is 392 g/mol. The number of pyridine rings is 1. The van der Waals surface area contributed by atoms with Gasteiger partial charge in [-0.3, -0.25) is 9.78 Å². The topological polar surface area (TPSA) is 85.2 Å². The molecule has 2 aromatic heterocycles. The Hall–Kier alpha value is -3.35. The van der Waals surface area contributed by atoms with E-state index in [0.29, 0.717) is 19.4 Å². The molecule has 31 heavy (non-hydrogen) atoms. The summed E-state index contributed by atoms with van der Waals surface area (Å²) >= 11 is 0. The van der Waals surface area contributed by atoms with Gasteiger partial charge < -0.3 is 19.9 Å². The number of rotatable bonds is 7. The van der Waals surface area contributed by atoms with Gasteiger partial charge >= 0.3 is 6.09 Å². The van der Waals surface area contributed by atoms with Gasteiger partial charge in [0.25, 0.3) is 0 Å². The van der Waals surface area contributed by atoms with Gasteiger partial charge in [-0.1, -0.05) is 24.3 Å². The molecule has 0 aliphatic heterocycles. The van der Waals surface area contributed by atoms with Crippen molar-refractivity contribution in [2.75, 3.05) is 6.54 Å². The van der Waals surface area contributed by atoms with Crippen molar-refractivity contribution in [3.05, 3.63) is 66.1 Å². The van der Waals surface area contributed by atoms with E-state index in [0.717, 1.165) is 22.2 Å². The monoisotopic (exact) mass is 422 g/mol. The summed E-state index contributed by atoms with van der Waals surface area (Å²) in [5.41, 5.74) is 2.31. The zero-order chi connectivity index (χ0) is 22.4. The van der Waals surface area contributed by atoms with Crippen LogP contribution in [0.4, 0.5) is 4.79 Å². The minimum atomic E-state index is -0.760. The molecule has 0 unspecified atom stereocenters. The summed E-state index contributed by atoms with van der Waals surface area (Å²) in [5.74, 6) is -0.255. The first-order valence-corrected chi connectivity index (χ1v) is 10.4. The lowest BCUT2D eigenvalue weighted by molar-refractivity contribution is -0.123. The average molecular weight is 423 g/mol. The van der Waals surface area contributed by atoms with Crippen LogP contribution in [-0.2, 0) is 29.4 Å². The van der Waals surface area contributed by atoms with Crippen molar-refractivity contribution >= 4 is 22.9 Å². The Bertz CT molecular complexity index is 1040. The summed E-state index contributed by atoms with van der Waals surface area (Å²) in [4.78, 5) is 29.6. The van der Waals surface area contributed by atoms with Gasteiger partial charge in [0.1, 0.15) is 11.6 Å². The highest BCUT2D eigenvalue weighted by molar-refractivity contribution is 5.88. The Morgan fingerprint density at radius 3 is 2.58 bits per heavy atom. The lowest BCUT2D eigenvalue weighted by Crippen LogP contribution is -2.49. The second kappa shape index (κ2) is 9.64. The maximum atomic E-state index is 13.0. The fourth-order valence-electron chi connectivity index (χ4n) is 3.45. The van der Waals surface area contributed by atoms with Crippen LogP contribution in [0.15, 0.2) is 54.9 Å². The van der Waals surface area contributed by atoms with Gasteiger partial charge in [-0.25, -0.2) is 4.79 Å². The molecule has 0 saturated heterocycles. The Morgan fingerprint density at radius 2 is 1.87 bits per heavy atom. The summed E-state index contributed by atoms with van der Waals surface area (Å²) in [6.45, 7) is 5.80. The van der Waals surface area contributed by atoms with Crippen LogP contribution < -0.4 is 10.6 Å². The molecule has 1 aromatic carbocycles. The highest BCUT2D eigenvalue weighted by atomic mass is 16.6. The number of fused-ring (bicyclic) bond motifs is 1. The van der Waals surface area contributed by atoms with Crippen molar-refractivity contribution in [1.82, 2.24) is 20.2 Å². The first-order valence-electron chi connectivity index (χ1n) is 10.4. The lowest BCUT2D eigenvalue weighted by Gasteiger charge is -2.23. The average Bonchev–Trinajstić information content (AvgIpc) is 3.02. The van der Waals surface area contributed by atoms with E-state index >= 15 is 0 Å². The van der Waals surface area contributed by atoms with Crippen molar-refractivity contribution in [1.29, 1.82) is 0 Å². The van der Waals surface area contributed by atoms with E-state index in [1.54, 1.807) is 27.0 Å². The molecule has 3 rings (SSSR count). The molecule has 0 bridgehead atoms. The quantitative estimate of drug-likeness (QED) is 0.611. The first-order chi connectivity index (χ1) is 14.7. The third-order valence-electron chi connectivity index (χ3n) is 4.82. The molecule has 0 fully saturated rings. The predicted molar refractivity (Wildman–Crippen MR) is 121 cm³/mol. The smallest absolute Gasteiger partial charge is 0.408 e. The van der Waals surface area contributed by atoms with Crippen LogP contribution in [0, 0.1) is 0 Å². The van der Waals surface area contributed by atoms with Crippen LogP contribution in [0.5, 0.6) is 0 Å². The molecule has 1 atom stereocenters. The van der Waals surface area contributed by atoms with Crippen molar-refractivity contribution in [3.8, 4) is 0 Å². The Morgan fingerprint density at radius 1 is 1.13 bits per heavy atom. The maximum absolute atomic E-state index is 13.0. The van der Waals surface area contributed by atoms with Crippen LogP contribution >= 0.6 is 0 Å². The van der Waals surface area contributed by atoms with E-state index in [1.807, 2.05) is 60.3 Å². The highest BCUT2D eigenvalue weighted by Gasteiger charge is 2.25. The number of nitrogens with one attached hydrogen (secondary N) is 2. The molecule has 164 valence electrons. The fourth-order valence-corrected chi connectivity index (χ4v) is 3.45. The van der Waals surface area contributed by atoms with E-state index in [4.69, 9.17) is 4.74 Å². The molecule has 7 nitrogen and oxygen atoms in total. The number of carbonyl (C=O) groups excluding carboxylic acids is 2. The molecule has 2 amide bonds. The van der Waals surface area contributed by atoms with Gasteiger partial charge in [0.2, 0.25) is 5.91 Å². The Balaban J connectivity index is 1.73. The van der Waals surface area contributed by atoms with Crippen molar-refractivity contribution in [2.45, 2.75) is 45.3 Å². The normalized spacial score (nSPS) is 12.4. The minimum absolute atomic E-state index is 0.255. The van der Waals surface area contributed by atoms with Crippen LogP contribution in [0.1, 0.15) is 32.0 Å². The summed E-state index contributed by atoms with van der Waals surface area (Å²) in [6.07, 6.45) is 4.08. The number of para-hydroxylation sites is 1. The number of nitrogens with zero attached hydrogens (tertiary/aromatic N) is 2. The van der Waals surface area contributed by atoms with Crippen molar-refractivity contribution in [3.63, 3.8) is 0 Å². The Labute approximate surface area is 182 Å². The number of ether oxygens (including phenoxy) is 1. The van der Waals surface area contributed by atoms with Gasteiger partial charge in [-0.15, -0.1) is 0 Å². The summed E-state index contributed by atoms with van der Waals surface area (Å²) in [5, 5.41) is 6.72. The number of amides is 2. The van der Waals surface area contributed by atoms with E-state index in [1.165, 1.54) is 0 Å². The molecular formula is C24H30N4O3. The zero-order valence-corrected chi connectivity index (χ0v) is 18.5. The summed E-state index contributed by atoms with van der Waals surface area (Å²) < 4.78 is 7.40. The number of hydrogen-bond acceptors (Lipinski definition) is 4. The van der Waals surface area contributed by atoms with Crippen molar-refractivity contribution < 1.29 is 14.3 Å². The van der Waals surface area contributed by atoms with Crippen LogP contribution in [0.25, 0.3) is 10.9 Å². The van der Waals surface area contributed by atoms with Crippen LogP contribution in [0.2, 0.25) is 0 Å². The third-order valence-corrected chi connectivity index (χ3v) is 4.82. The number of aromatic nitrogens is 2. The fraction of sp³-hybridized carbons (Fsp3) is 0.375. The molecule has 3 aromatic rings. The van der Waals surface area contributed by atoms with Gasteiger partial charge in [0.15, 0.2) is 0 Å². The second-order valence-electron chi connectivity index (χ2n) is 8.55. The van der Waals surface area contributed by atoms with Gasteiger partial charge in [0.05, 0.1) is 0 Å². The Kier molecular flexibility index (Phi) is 6.95. The van der Waals surface area contributed by atoms with Crippen LogP contribution in [0.3, 0.4) is 0 Å². The molecule has 7 heteroatoms. The minimum Gasteiger partial charge on any atom is -0.444 e. The summed E-state index contributed by atoms with van der Waals surface area (Å²) in [6, 6.07) is 12.9. The van der Waals surface area contributed by atoms with Crippen molar-refractivity contribution in [2.24, 2.45) is 7.05 Å². The molecule has 0 saturated carbocycles. The van der Waals surface area contributed by atoms with E-state index < -0.39 is 17.7 Å². The highest BCUT2D eigenvalue weighted by Crippen LogP contribution is 2.21. The van der Waals surface area contributed by atoms with Crippen LogP contribution in [-0.4, -0.2) is 39.7 Å². The molecule has 0 aliphatic rings. The SMILES string of the molecule is Cn1cc(C[C@H](NC(=O)OC(C)(C)C)C(=O)NCCc2ccccn2)c2ccccc21. The number of benzene rings is 1. The van der Waals surface area contributed by atoms with Gasteiger partial charge in [-0.2, -0.15) is 0 Å². The molecule has 0 radical (unpaired) electrons. The van der Waals surface area contributed by atoms with Gasteiger partial charge in [-0.05, 0) is 44.5 Å². The van der Waals surface area contributed by atoms with E-state index in [2.05, 4.69) is 15.6 Å². The number of hydrogen-bond donors (Lipinski definition) is 2. The van der Waals surface area contributed by atoms with E-state index in [9.17, 15) is 9.59 Å². The second-order valence-corrected chi connectivity index (χ2v) is 8.55. The largest absolute Gasteiger partial charge is 0.444 e. The standard InChI is InChI=1S/C24H30N4O3/c1-24(2,3)31-23(30)27-20(22(29)26-14-12-18-9-7-8-13-25-18)15-17-16-28(4)21-11-6-5-10-19(17)21/h5-11,13,16,20H,12,14-15H2,1-4H3,(H,26,29)(H,27,30)/t20-/m0/s1. The number of alkyl carbamates (subject to hydrolysis) is 1. The molecule has 0 aliphatic carbocycles. The maximum Gasteiger partial charge on any atom is 0.408 e. The predicted octanol–water partition coefficient (Wildman–Crippen LogP) is 3.37. The zero-order valence-electron chi connectivity index (χ0n) is 18.5. The molecule has 0 spiro atoms. The number of aryl methyl sites for hydroxylation is 1. The molecule has 2 heterocycles. The summed E-state index contributed by atoms with van der Waals surface area (Å²) in [7, 11) is 1.97. The van der Waals surface area contributed by atoms with E-state index in [-0.39, 0.29) is 5.91 Å². The third kappa shape index (κ3) is 6.31. The first kappa shape index (κ1) is 22.3. The molecule has 2 N–H and O–H groups in total. The number of carbonyl (C=O) groups is 2. The lowest BCUT2D eigenvalue weighted by atomic mass is 10.0. The van der Waals surface area contributed by atoms with Gasteiger partial charge in [0, 0.05) is 55.4 Å².